The van der Waals surface area contributed by atoms with Gasteiger partial charge in [-0.25, -0.2) is 0 Å². The minimum Gasteiger partial charge on any atom is -0.361 e. The minimum absolute atomic E-state index is 0.175. The molecule has 0 radical (unpaired) electrons. The van der Waals surface area contributed by atoms with Crippen molar-refractivity contribution in [2.45, 2.75) is 32.1 Å². The Morgan fingerprint density at radius 1 is 0.719 bits per heavy atom. The van der Waals surface area contributed by atoms with Crippen molar-refractivity contribution in [1.29, 1.82) is 0 Å². The van der Waals surface area contributed by atoms with Crippen LogP contribution in [0.15, 0.2) is 60.9 Å². The van der Waals surface area contributed by atoms with Gasteiger partial charge in [0.1, 0.15) is 0 Å². The van der Waals surface area contributed by atoms with Crippen molar-refractivity contribution in [2.24, 2.45) is 5.92 Å². The molecule has 1 fully saturated rings. The molecule has 0 spiro atoms. The molecule has 3 heterocycles. The molecule has 0 unspecified atom stereocenters. The van der Waals surface area contributed by atoms with Gasteiger partial charge in [0.2, 0.25) is 0 Å². The second-order valence-electron chi connectivity index (χ2n) is 8.97. The maximum atomic E-state index is 13.8. The average Bonchev–Trinajstić information content (AvgIpc) is 3.50. The smallest absolute Gasteiger partial charge is 0.262 e. The quantitative estimate of drug-likeness (QED) is 0.425. The summed E-state index contributed by atoms with van der Waals surface area (Å²) in [7, 11) is 0. The summed E-state index contributed by atoms with van der Waals surface area (Å²) in [5.74, 6) is 0.0411. The van der Waals surface area contributed by atoms with Crippen molar-refractivity contribution in [3.63, 3.8) is 0 Å². The average molecular weight is 424 g/mol. The number of imide groups is 1. The molecule has 160 valence electrons. The lowest BCUT2D eigenvalue weighted by Crippen LogP contribution is -2.36. The largest absolute Gasteiger partial charge is 0.361 e. The number of carbonyl (C=O) groups is 2. The molecular weight excluding hydrogens is 398 g/mol. The van der Waals surface area contributed by atoms with E-state index in [0.717, 1.165) is 45.8 Å². The zero-order chi connectivity index (χ0) is 21.7. The topological polar surface area (TPSA) is 69.0 Å². The summed E-state index contributed by atoms with van der Waals surface area (Å²) >= 11 is 0. The van der Waals surface area contributed by atoms with Gasteiger partial charge < -0.3 is 9.97 Å². The summed E-state index contributed by atoms with van der Waals surface area (Å²) in [6.07, 6.45) is 9.51. The Balaban J connectivity index is 1.53. The third-order valence-corrected chi connectivity index (χ3v) is 7.05. The number of aromatic amines is 2. The maximum absolute atomic E-state index is 13.8. The number of H-pyrrole nitrogens is 2. The monoisotopic (exact) mass is 423 g/mol. The van der Waals surface area contributed by atoms with Crippen LogP contribution in [0.25, 0.3) is 33.0 Å². The fraction of sp³-hybridized carbons (Fsp3) is 0.259. The Hall–Kier alpha value is -3.60. The number of nitrogens with one attached hydrogen (secondary N) is 2. The Morgan fingerprint density at radius 3 is 1.75 bits per heavy atom. The van der Waals surface area contributed by atoms with E-state index in [1.165, 1.54) is 24.2 Å². The van der Waals surface area contributed by atoms with E-state index in [9.17, 15) is 9.59 Å². The van der Waals surface area contributed by atoms with Crippen molar-refractivity contribution >= 4 is 44.8 Å². The fourth-order valence-electron chi connectivity index (χ4n) is 5.43. The van der Waals surface area contributed by atoms with Crippen LogP contribution in [0, 0.1) is 5.92 Å². The summed E-state index contributed by atoms with van der Waals surface area (Å²) in [5.41, 5.74) is 4.52. The van der Waals surface area contributed by atoms with E-state index < -0.39 is 0 Å². The molecule has 2 aromatic heterocycles. The van der Waals surface area contributed by atoms with Gasteiger partial charge in [0.05, 0.1) is 11.1 Å². The lowest BCUT2D eigenvalue weighted by atomic mass is 9.89. The van der Waals surface area contributed by atoms with Gasteiger partial charge in [-0.15, -0.1) is 0 Å². The second-order valence-corrected chi connectivity index (χ2v) is 8.97. The van der Waals surface area contributed by atoms with Crippen LogP contribution in [-0.4, -0.2) is 33.2 Å². The molecule has 0 saturated heterocycles. The zero-order valence-electron chi connectivity index (χ0n) is 17.9. The SMILES string of the molecule is O=C1C(c2c[nH]c3ccccc23)=C(c2c[nH]c3ccccc23)C(=O)N1CC1CCCCC1. The first-order chi connectivity index (χ1) is 15.7. The van der Waals surface area contributed by atoms with E-state index in [-0.39, 0.29) is 11.8 Å². The Labute approximate surface area is 186 Å². The molecule has 2 N–H and O–H groups in total. The molecule has 5 nitrogen and oxygen atoms in total. The van der Waals surface area contributed by atoms with E-state index in [1.54, 1.807) is 0 Å². The number of para-hydroxylation sites is 2. The van der Waals surface area contributed by atoms with Crippen LogP contribution in [0.1, 0.15) is 43.2 Å². The molecule has 2 aromatic carbocycles. The summed E-state index contributed by atoms with van der Waals surface area (Å²) < 4.78 is 0. The molecule has 5 heteroatoms. The first-order valence-electron chi connectivity index (χ1n) is 11.5. The summed E-state index contributed by atoms with van der Waals surface area (Å²) in [5, 5.41) is 1.92. The van der Waals surface area contributed by atoms with Crippen LogP contribution in [-0.2, 0) is 9.59 Å². The predicted molar refractivity (Wildman–Crippen MR) is 127 cm³/mol. The van der Waals surface area contributed by atoms with Gasteiger partial charge >= 0.3 is 0 Å². The lowest BCUT2D eigenvalue weighted by molar-refractivity contribution is -0.136. The highest BCUT2D eigenvalue weighted by Crippen LogP contribution is 2.41. The highest BCUT2D eigenvalue weighted by Gasteiger charge is 2.42. The summed E-state index contributed by atoms with van der Waals surface area (Å²) in [6, 6.07) is 15.9. The van der Waals surface area contributed by atoms with Crippen molar-refractivity contribution in [3.8, 4) is 0 Å². The van der Waals surface area contributed by atoms with Gasteiger partial charge in [0, 0.05) is 51.9 Å². The molecule has 4 aromatic rings. The third kappa shape index (κ3) is 2.92. The van der Waals surface area contributed by atoms with E-state index in [2.05, 4.69) is 9.97 Å². The number of rotatable bonds is 4. The second kappa shape index (κ2) is 7.52. The number of carbonyl (C=O) groups excluding carboxylic acids is 2. The van der Waals surface area contributed by atoms with E-state index in [4.69, 9.17) is 0 Å². The Bertz CT molecular complexity index is 1290. The molecule has 2 aliphatic rings. The van der Waals surface area contributed by atoms with Gasteiger partial charge in [0.15, 0.2) is 0 Å². The number of hydrogen-bond donors (Lipinski definition) is 2. The molecule has 2 amide bonds. The molecule has 1 aliphatic carbocycles. The number of benzene rings is 2. The lowest BCUT2D eigenvalue weighted by Gasteiger charge is -2.26. The van der Waals surface area contributed by atoms with E-state index in [1.807, 2.05) is 60.9 Å². The van der Waals surface area contributed by atoms with Gasteiger partial charge in [-0.1, -0.05) is 55.7 Å². The van der Waals surface area contributed by atoms with Crippen molar-refractivity contribution in [1.82, 2.24) is 14.9 Å². The first kappa shape index (κ1) is 19.1. The van der Waals surface area contributed by atoms with Gasteiger partial charge in [-0.2, -0.15) is 0 Å². The standard InChI is InChI=1S/C27H25N3O2/c31-26-24(20-14-28-22-12-6-4-10-18(20)22)25(21-15-29-23-13-7-5-11-19(21)23)27(32)30(26)16-17-8-2-1-3-9-17/h4-7,10-15,17,28-29H,1-3,8-9,16H2. The van der Waals surface area contributed by atoms with Crippen LogP contribution < -0.4 is 0 Å². The highest BCUT2D eigenvalue weighted by molar-refractivity contribution is 6.50. The summed E-state index contributed by atoms with van der Waals surface area (Å²) in [6.45, 7) is 0.509. The van der Waals surface area contributed by atoms with Gasteiger partial charge in [-0.3, -0.25) is 14.5 Å². The van der Waals surface area contributed by atoms with Crippen molar-refractivity contribution in [3.05, 3.63) is 72.1 Å². The predicted octanol–water partition coefficient (Wildman–Crippen LogP) is 5.51. The number of nitrogens with zero attached hydrogens (tertiary/aromatic N) is 1. The first-order valence-corrected chi connectivity index (χ1v) is 11.5. The van der Waals surface area contributed by atoms with Crippen LogP contribution in [0.3, 0.4) is 0 Å². The van der Waals surface area contributed by atoms with Gasteiger partial charge in [-0.05, 0) is 30.9 Å². The zero-order valence-corrected chi connectivity index (χ0v) is 17.9. The molecule has 32 heavy (non-hydrogen) atoms. The van der Waals surface area contributed by atoms with Crippen molar-refractivity contribution < 1.29 is 9.59 Å². The molecule has 1 aliphatic heterocycles. The summed E-state index contributed by atoms with van der Waals surface area (Å²) in [4.78, 5) is 35.6. The van der Waals surface area contributed by atoms with Crippen LogP contribution in [0.2, 0.25) is 0 Å². The van der Waals surface area contributed by atoms with Crippen LogP contribution in [0.4, 0.5) is 0 Å². The van der Waals surface area contributed by atoms with Crippen LogP contribution in [0.5, 0.6) is 0 Å². The van der Waals surface area contributed by atoms with E-state index in [0.29, 0.717) is 23.6 Å². The molecular formula is C27H25N3O2. The van der Waals surface area contributed by atoms with Crippen molar-refractivity contribution in [2.75, 3.05) is 6.54 Å². The van der Waals surface area contributed by atoms with Gasteiger partial charge in [0.25, 0.3) is 11.8 Å². The number of aromatic nitrogens is 2. The maximum Gasteiger partial charge on any atom is 0.262 e. The minimum atomic E-state index is -0.175. The number of fused-ring (bicyclic) bond motifs is 2. The molecule has 0 bridgehead atoms. The molecule has 1 saturated carbocycles. The molecule has 0 atom stereocenters. The van der Waals surface area contributed by atoms with Crippen LogP contribution >= 0.6 is 0 Å². The normalized spacial score (nSPS) is 17.9. The highest BCUT2D eigenvalue weighted by atomic mass is 16.2. The number of amides is 2. The number of hydrogen-bond acceptors (Lipinski definition) is 2. The third-order valence-electron chi connectivity index (χ3n) is 7.05. The van der Waals surface area contributed by atoms with E-state index >= 15 is 0 Å². The Kier molecular flexibility index (Phi) is 4.49. The fourth-order valence-corrected chi connectivity index (χ4v) is 5.43. The Morgan fingerprint density at radius 2 is 1.22 bits per heavy atom. The molecule has 6 rings (SSSR count).